The second kappa shape index (κ2) is 6.03. The second-order valence-corrected chi connectivity index (χ2v) is 5.24. The summed E-state index contributed by atoms with van der Waals surface area (Å²) in [7, 11) is 0. The van der Waals surface area contributed by atoms with E-state index in [1.165, 1.54) is 17.5 Å². The van der Waals surface area contributed by atoms with E-state index in [1.54, 1.807) is 0 Å². The van der Waals surface area contributed by atoms with Crippen LogP contribution < -0.4 is 0 Å². The van der Waals surface area contributed by atoms with Crippen LogP contribution >= 0.6 is 0 Å². The van der Waals surface area contributed by atoms with Crippen LogP contribution in [0.5, 0.6) is 0 Å². The Morgan fingerprint density at radius 3 is 2.61 bits per heavy atom. The van der Waals surface area contributed by atoms with Crippen LogP contribution in [0, 0.1) is 6.92 Å². The summed E-state index contributed by atoms with van der Waals surface area (Å²) in [5.74, 6) is 0.215. The normalized spacial score (nSPS) is 15.8. The summed E-state index contributed by atoms with van der Waals surface area (Å²) >= 11 is 0. The summed E-state index contributed by atoms with van der Waals surface area (Å²) in [6, 6.07) is 6.16. The largest absolute Gasteiger partial charge is 0.339 e. The van der Waals surface area contributed by atoms with Crippen molar-refractivity contribution >= 4 is 5.91 Å². The summed E-state index contributed by atoms with van der Waals surface area (Å²) < 4.78 is 0. The van der Waals surface area contributed by atoms with Crippen molar-refractivity contribution in [3.05, 3.63) is 34.9 Å². The number of rotatable bonds is 3. The van der Waals surface area contributed by atoms with Gasteiger partial charge < -0.3 is 4.90 Å². The van der Waals surface area contributed by atoms with Crippen molar-refractivity contribution in [2.24, 2.45) is 0 Å². The van der Waals surface area contributed by atoms with Gasteiger partial charge in [-0.3, -0.25) is 4.79 Å². The van der Waals surface area contributed by atoms with Gasteiger partial charge >= 0.3 is 0 Å². The second-order valence-electron chi connectivity index (χ2n) is 5.24. The Kier molecular flexibility index (Phi) is 4.40. The number of aryl methyl sites for hydroxylation is 2. The summed E-state index contributed by atoms with van der Waals surface area (Å²) in [6.45, 7) is 6.16. The Bertz CT molecular complexity index is 419. The fourth-order valence-corrected chi connectivity index (χ4v) is 2.62. The lowest BCUT2D eigenvalue weighted by molar-refractivity contribution is 0.0724. The minimum absolute atomic E-state index is 0.215. The van der Waals surface area contributed by atoms with E-state index in [0.29, 0.717) is 0 Å². The maximum atomic E-state index is 12.4. The highest BCUT2D eigenvalue weighted by Crippen LogP contribution is 2.17. The molecule has 1 aliphatic rings. The van der Waals surface area contributed by atoms with Gasteiger partial charge in [0.05, 0.1) is 0 Å². The summed E-state index contributed by atoms with van der Waals surface area (Å²) in [5.41, 5.74) is 3.48. The average Bonchev–Trinajstić information content (AvgIpc) is 2.42. The molecule has 0 bridgehead atoms. The van der Waals surface area contributed by atoms with Gasteiger partial charge in [0.1, 0.15) is 0 Å². The topological polar surface area (TPSA) is 20.3 Å². The van der Waals surface area contributed by atoms with Crippen molar-refractivity contribution in [3.63, 3.8) is 0 Å². The van der Waals surface area contributed by atoms with E-state index < -0.39 is 0 Å². The Balaban J connectivity index is 2.16. The van der Waals surface area contributed by atoms with Crippen molar-refractivity contribution in [3.8, 4) is 0 Å². The molecule has 2 nitrogen and oxygen atoms in total. The molecule has 0 radical (unpaired) electrons. The molecule has 98 valence electrons. The van der Waals surface area contributed by atoms with Gasteiger partial charge in [0.15, 0.2) is 0 Å². The predicted octanol–water partition coefficient (Wildman–Crippen LogP) is 3.57. The maximum Gasteiger partial charge on any atom is 0.253 e. The van der Waals surface area contributed by atoms with E-state index in [2.05, 4.69) is 26.0 Å². The fourth-order valence-electron chi connectivity index (χ4n) is 2.62. The molecule has 1 aromatic rings. The van der Waals surface area contributed by atoms with Crippen LogP contribution in [0.2, 0.25) is 0 Å². The number of carbonyl (C=O) groups is 1. The molecule has 2 heteroatoms. The monoisotopic (exact) mass is 245 g/mol. The zero-order chi connectivity index (χ0) is 13.0. The van der Waals surface area contributed by atoms with Gasteiger partial charge in [-0.05, 0) is 55.9 Å². The molecule has 1 amide bonds. The van der Waals surface area contributed by atoms with E-state index in [-0.39, 0.29) is 5.91 Å². The first-order valence-corrected chi connectivity index (χ1v) is 7.11. The SMILES string of the molecule is CCCc1cc(C(=O)N2CCCCC2)ccc1C. The summed E-state index contributed by atoms with van der Waals surface area (Å²) in [6.07, 6.45) is 5.76. The van der Waals surface area contributed by atoms with E-state index in [0.717, 1.165) is 44.3 Å². The maximum absolute atomic E-state index is 12.4. The number of nitrogens with zero attached hydrogens (tertiary/aromatic N) is 1. The zero-order valence-electron chi connectivity index (χ0n) is 11.5. The zero-order valence-corrected chi connectivity index (χ0v) is 11.5. The van der Waals surface area contributed by atoms with Crippen molar-refractivity contribution in [2.75, 3.05) is 13.1 Å². The molecular formula is C16H23NO. The third kappa shape index (κ3) is 2.92. The van der Waals surface area contributed by atoms with Crippen LogP contribution in [0.15, 0.2) is 18.2 Å². The van der Waals surface area contributed by atoms with Crippen LogP contribution in [0.4, 0.5) is 0 Å². The molecule has 0 saturated carbocycles. The number of likely N-dealkylation sites (tertiary alicyclic amines) is 1. The molecule has 1 aliphatic heterocycles. The van der Waals surface area contributed by atoms with Crippen LogP contribution in [-0.4, -0.2) is 23.9 Å². The Morgan fingerprint density at radius 1 is 1.22 bits per heavy atom. The smallest absolute Gasteiger partial charge is 0.253 e. The minimum Gasteiger partial charge on any atom is -0.339 e. The average molecular weight is 245 g/mol. The van der Waals surface area contributed by atoms with Crippen LogP contribution in [0.3, 0.4) is 0 Å². The number of piperidine rings is 1. The Hall–Kier alpha value is -1.31. The highest BCUT2D eigenvalue weighted by molar-refractivity contribution is 5.94. The third-order valence-corrected chi connectivity index (χ3v) is 3.76. The van der Waals surface area contributed by atoms with Crippen molar-refractivity contribution in [2.45, 2.75) is 46.0 Å². The molecule has 1 heterocycles. The molecule has 0 unspecified atom stereocenters. The van der Waals surface area contributed by atoms with Crippen LogP contribution in [0.25, 0.3) is 0 Å². The minimum atomic E-state index is 0.215. The number of carbonyl (C=O) groups excluding carboxylic acids is 1. The Labute approximate surface area is 110 Å². The van der Waals surface area contributed by atoms with Crippen molar-refractivity contribution in [1.29, 1.82) is 0 Å². The first-order valence-electron chi connectivity index (χ1n) is 7.11. The van der Waals surface area contributed by atoms with Crippen molar-refractivity contribution in [1.82, 2.24) is 4.90 Å². The van der Waals surface area contributed by atoms with Crippen LogP contribution in [-0.2, 0) is 6.42 Å². The molecule has 1 saturated heterocycles. The number of amides is 1. The van der Waals surface area contributed by atoms with Gasteiger partial charge in [0, 0.05) is 18.7 Å². The van der Waals surface area contributed by atoms with Gasteiger partial charge in [-0.1, -0.05) is 19.4 Å². The molecule has 0 aliphatic carbocycles. The molecule has 18 heavy (non-hydrogen) atoms. The lowest BCUT2D eigenvalue weighted by Gasteiger charge is -2.27. The van der Waals surface area contributed by atoms with E-state index in [1.807, 2.05) is 11.0 Å². The molecule has 0 N–H and O–H groups in total. The molecule has 0 aromatic heterocycles. The standard InChI is InChI=1S/C16H23NO/c1-3-7-14-12-15(9-8-13(14)2)16(18)17-10-5-4-6-11-17/h8-9,12H,3-7,10-11H2,1-2H3. The van der Waals surface area contributed by atoms with E-state index >= 15 is 0 Å². The third-order valence-electron chi connectivity index (χ3n) is 3.76. The van der Waals surface area contributed by atoms with Crippen molar-refractivity contribution < 1.29 is 4.79 Å². The van der Waals surface area contributed by atoms with Crippen LogP contribution in [0.1, 0.15) is 54.1 Å². The molecule has 0 atom stereocenters. The summed E-state index contributed by atoms with van der Waals surface area (Å²) in [5, 5.41) is 0. The quantitative estimate of drug-likeness (QED) is 0.797. The lowest BCUT2D eigenvalue weighted by Crippen LogP contribution is -2.35. The molecule has 1 aromatic carbocycles. The summed E-state index contributed by atoms with van der Waals surface area (Å²) in [4.78, 5) is 14.4. The molecule has 2 rings (SSSR count). The highest BCUT2D eigenvalue weighted by Gasteiger charge is 2.18. The molecular weight excluding hydrogens is 222 g/mol. The Morgan fingerprint density at radius 2 is 1.94 bits per heavy atom. The lowest BCUT2D eigenvalue weighted by atomic mass is 10.00. The van der Waals surface area contributed by atoms with Gasteiger partial charge in [0.25, 0.3) is 5.91 Å². The first kappa shape index (κ1) is 13.1. The number of hydrogen-bond acceptors (Lipinski definition) is 1. The highest BCUT2D eigenvalue weighted by atomic mass is 16.2. The van der Waals surface area contributed by atoms with Gasteiger partial charge in [-0.15, -0.1) is 0 Å². The van der Waals surface area contributed by atoms with E-state index in [9.17, 15) is 4.79 Å². The van der Waals surface area contributed by atoms with Gasteiger partial charge in [-0.2, -0.15) is 0 Å². The fraction of sp³-hybridized carbons (Fsp3) is 0.562. The van der Waals surface area contributed by atoms with Gasteiger partial charge in [-0.25, -0.2) is 0 Å². The van der Waals surface area contributed by atoms with E-state index in [4.69, 9.17) is 0 Å². The first-order chi connectivity index (χ1) is 8.72. The van der Waals surface area contributed by atoms with Gasteiger partial charge in [0.2, 0.25) is 0 Å². The molecule has 1 fully saturated rings. The number of hydrogen-bond donors (Lipinski definition) is 0. The predicted molar refractivity (Wildman–Crippen MR) is 74.9 cm³/mol. The molecule has 0 spiro atoms. The number of benzene rings is 1.